The molecule has 0 aliphatic heterocycles. The molecule has 0 radical (unpaired) electrons. The minimum absolute atomic E-state index is 0.182. The molecule has 0 bridgehead atoms. The molecule has 0 aromatic carbocycles. The number of hydrogen-bond donors (Lipinski definition) is 1. The molecule has 88 valence electrons. The van der Waals surface area contributed by atoms with E-state index in [2.05, 4.69) is 9.62 Å². The van der Waals surface area contributed by atoms with Crippen molar-refractivity contribution in [2.75, 3.05) is 7.11 Å². The number of rotatable bonds is 8. The van der Waals surface area contributed by atoms with Crippen LogP contribution in [-0.2, 0) is 19.2 Å². The Kier molecular flexibility index (Phi) is 8.76. The minimum atomic E-state index is -0.593. The van der Waals surface area contributed by atoms with Crippen molar-refractivity contribution in [3.05, 3.63) is 0 Å². The third-order valence-corrected chi connectivity index (χ3v) is 2.09. The van der Waals surface area contributed by atoms with Crippen molar-refractivity contribution in [3.63, 3.8) is 0 Å². The lowest BCUT2D eigenvalue weighted by atomic mass is 10.1. The van der Waals surface area contributed by atoms with Crippen LogP contribution in [0.5, 0.6) is 0 Å². The zero-order chi connectivity index (χ0) is 11.5. The lowest BCUT2D eigenvalue weighted by Gasteiger charge is -2.00. The fourth-order valence-electron chi connectivity index (χ4n) is 1.22. The van der Waals surface area contributed by atoms with E-state index in [-0.39, 0.29) is 12.4 Å². The van der Waals surface area contributed by atoms with Gasteiger partial charge >= 0.3 is 11.9 Å². The number of esters is 1. The summed E-state index contributed by atoms with van der Waals surface area (Å²) in [4.78, 5) is 24.7. The number of ether oxygens (including phenoxy) is 1. The molecule has 0 saturated carbocycles. The highest BCUT2D eigenvalue weighted by Crippen LogP contribution is 2.07. The van der Waals surface area contributed by atoms with E-state index in [0.29, 0.717) is 12.8 Å². The fraction of sp³-hybridized carbons (Fsp3) is 0.800. The van der Waals surface area contributed by atoms with Gasteiger partial charge in [0, 0.05) is 12.8 Å². The maximum Gasteiger partial charge on any atom is 0.342 e. The van der Waals surface area contributed by atoms with E-state index in [1.807, 2.05) is 0 Å². The largest absolute Gasteiger partial charge is 0.469 e. The second-order valence-corrected chi connectivity index (χ2v) is 3.31. The number of unbranched alkanes of at least 4 members (excludes halogenated alkanes) is 4. The number of carbonyl (C=O) groups excluding carboxylic acids is 2. The van der Waals surface area contributed by atoms with Gasteiger partial charge in [-0.2, -0.15) is 5.26 Å². The van der Waals surface area contributed by atoms with Gasteiger partial charge < -0.3 is 9.62 Å². The first-order valence-corrected chi connectivity index (χ1v) is 5.11. The molecule has 1 N–H and O–H groups in total. The molecule has 0 aromatic rings. The van der Waals surface area contributed by atoms with Crippen LogP contribution in [0.1, 0.15) is 44.9 Å². The second kappa shape index (κ2) is 9.45. The van der Waals surface area contributed by atoms with Gasteiger partial charge in [0.05, 0.1) is 7.11 Å². The van der Waals surface area contributed by atoms with Crippen molar-refractivity contribution < 1.29 is 24.5 Å². The third kappa shape index (κ3) is 9.21. The topological polar surface area (TPSA) is 72.8 Å². The zero-order valence-corrected chi connectivity index (χ0v) is 9.03. The summed E-state index contributed by atoms with van der Waals surface area (Å²) in [6, 6.07) is 0. The molecule has 0 unspecified atom stereocenters. The molecule has 0 saturated heterocycles. The summed E-state index contributed by atoms with van der Waals surface area (Å²) in [7, 11) is 1.38. The van der Waals surface area contributed by atoms with Gasteiger partial charge in [0.25, 0.3) is 0 Å². The molecule has 0 aliphatic carbocycles. The highest BCUT2D eigenvalue weighted by molar-refractivity contribution is 5.69. The van der Waals surface area contributed by atoms with Crippen LogP contribution in [0.4, 0.5) is 0 Å². The lowest BCUT2D eigenvalue weighted by Crippen LogP contribution is -2.00. The highest BCUT2D eigenvalue weighted by Gasteiger charge is 2.02. The van der Waals surface area contributed by atoms with Gasteiger partial charge in [0.15, 0.2) is 0 Å². The summed E-state index contributed by atoms with van der Waals surface area (Å²) in [6.45, 7) is 0. The van der Waals surface area contributed by atoms with Crippen molar-refractivity contribution in [2.45, 2.75) is 44.9 Å². The Balaban J connectivity index is 3.11. The molecule has 0 heterocycles. The summed E-state index contributed by atoms with van der Waals surface area (Å²) in [6.07, 6.45) is 5.03. The van der Waals surface area contributed by atoms with Crippen LogP contribution in [0.15, 0.2) is 0 Å². The van der Waals surface area contributed by atoms with Crippen molar-refractivity contribution in [2.24, 2.45) is 0 Å². The third-order valence-electron chi connectivity index (χ3n) is 2.09. The van der Waals surface area contributed by atoms with E-state index in [4.69, 9.17) is 5.26 Å². The standard InChI is InChI=1S/C10H18O5/c1-14-9(11)7-5-3-2-4-6-8-10(12)15-13/h13H,2-8H2,1H3. The first-order valence-electron chi connectivity index (χ1n) is 5.11. The molecule has 15 heavy (non-hydrogen) atoms. The quantitative estimate of drug-likeness (QED) is 0.291. The second-order valence-electron chi connectivity index (χ2n) is 3.31. The van der Waals surface area contributed by atoms with Crippen LogP contribution < -0.4 is 0 Å². The van der Waals surface area contributed by atoms with Crippen LogP contribution in [0.25, 0.3) is 0 Å². The van der Waals surface area contributed by atoms with Crippen LogP contribution in [-0.4, -0.2) is 24.3 Å². The summed E-state index contributed by atoms with van der Waals surface area (Å²) < 4.78 is 4.50. The first kappa shape index (κ1) is 13.9. The maximum absolute atomic E-state index is 10.7. The molecule has 0 aromatic heterocycles. The zero-order valence-electron chi connectivity index (χ0n) is 9.03. The van der Waals surface area contributed by atoms with E-state index in [1.54, 1.807) is 0 Å². The van der Waals surface area contributed by atoms with Crippen molar-refractivity contribution in [1.82, 2.24) is 0 Å². The smallest absolute Gasteiger partial charge is 0.342 e. The van der Waals surface area contributed by atoms with Gasteiger partial charge in [-0.3, -0.25) is 4.79 Å². The average Bonchev–Trinajstić information content (AvgIpc) is 2.26. The molecule has 0 atom stereocenters. The summed E-state index contributed by atoms with van der Waals surface area (Å²) in [5, 5.41) is 7.96. The Morgan fingerprint density at radius 3 is 1.87 bits per heavy atom. The van der Waals surface area contributed by atoms with E-state index < -0.39 is 5.97 Å². The fourth-order valence-corrected chi connectivity index (χ4v) is 1.22. The molecule has 0 spiro atoms. The molecular formula is C10H18O5. The molecule has 0 fully saturated rings. The maximum atomic E-state index is 10.7. The molecule has 5 heteroatoms. The summed E-state index contributed by atoms with van der Waals surface area (Å²) in [5.74, 6) is -0.775. The van der Waals surface area contributed by atoms with Gasteiger partial charge in [-0.1, -0.05) is 19.3 Å². The van der Waals surface area contributed by atoms with Crippen molar-refractivity contribution in [1.29, 1.82) is 0 Å². The van der Waals surface area contributed by atoms with E-state index in [0.717, 1.165) is 25.7 Å². The highest BCUT2D eigenvalue weighted by atomic mass is 17.1. The molecule has 0 aliphatic rings. The van der Waals surface area contributed by atoms with Gasteiger partial charge in [-0.15, -0.1) is 0 Å². The number of methoxy groups -OCH3 is 1. The Bertz CT molecular complexity index is 170. The number of carbonyl (C=O) groups is 2. The molecule has 0 rings (SSSR count). The molecule has 5 nitrogen and oxygen atoms in total. The Morgan fingerprint density at radius 2 is 1.40 bits per heavy atom. The van der Waals surface area contributed by atoms with E-state index in [1.165, 1.54) is 7.11 Å². The van der Waals surface area contributed by atoms with Crippen LogP contribution >= 0.6 is 0 Å². The predicted octanol–water partition coefficient (Wildman–Crippen LogP) is 1.91. The SMILES string of the molecule is COC(=O)CCCCCCCC(=O)OO. The lowest BCUT2D eigenvalue weighted by molar-refractivity contribution is -0.234. The summed E-state index contributed by atoms with van der Waals surface area (Å²) >= 11 is 0. The van der Waals surface area contributed by atoms with E-state index >= 15 is 0 Å². The van der Waals surface area contributed by atoms with Crippen LogP contribution in [0.2, 0.25) is 0 Å². The van der Waals surface area contributed by atoms with Crippen LogP contribution in [0.3, 0.4) is 0 Å². The van der Waals surface area contributed by atoms with Crippen LogP contribution in [0, 0.1) is 0 Å². The van der Waals surface area contributed by atoms with Gasteiger partial charge in [0.2, 0.25) is 0 Å². The Morgan fingerprint density at radius 1 is 0.933 bits per heavy atom. The normalized spacial score (nSPS) is 9.73. The Hall–Kier alpha value is -1.10. The van der Waals surface area contributed by atoms with Gasteiger partial charge in [-0.25, -0.2) is 4.79 Å². The van der Waals surface area contributed by atoms with E-state index in [9.17, 15) is 9.59 Å². The van der Waals surface area contributed by atoms with Crippen molar-refractivity contribution in [3.8, 4) is 0 Å². The first-order chi connectivity index (χ1) is 7.20. The monoisotopic (exact) mass is 218 g/mol. The van der Waals surface area contributed by atoms with Gasteiger partial charge in [-0.05, 0) is 12.8 Å². The average molecular weight is 218 g/mol. The number of hydrogen-bond acceptors (Lipinski definition) is 5. The predicted molar refractivity (Wildman–Crippen MR) is 53.1 cm³/mol. The Labute approximate surface area is 89.3 Å². The summed E-state index contributed by atoms with van der Waals surface area (Å²) in [5.41, 5.74) is 0. The molecular weight excluding hydrogens is 200 g/mol. The van der Waals surface area contributed by atoms with Gasteiger partial charge in [0.1, 0.15) is 0 Å². The minimum Gasteiger partial charge on any atom is -0.469 e. The van der Waals surface area contributed by atoms with Crippen molar-refractivity contribution >= 4 is 11.9 Å². The molecule has 0 amide bonds.